The smallest absolute Gasteiger partial charge is 0.276 e. The first kappa shape index (κ1) is 27.6. The molecule has 1 unspecified atom stereocenters. The van der Waals surface area contributed by atoms with Crippen molar-refractivity contribution in [3.63, 3.8) is 0 Å². The number of ether oxygens (including phenoxy) is 1. The van der Waals surface area contributed by atoms with Gasteiger partial charge in [-0.2, -0.15) is 0 Å². The maximum Gasteiger partial charge on any atom is 0.276 e. The number of hydrogen-bond donors (Lipinski definition) is 3. The Bertz CT molecular complexity index is 1440. The summed E-state index contributed by atoms with van der Waals surface area (Å²) in [5.41, 5.74) is 2.35. The van der Waals surface area contributed by atoms with Crippen molar-refractivity contribution in [2.75, 3.05) is 6.61 Å². The van der Waals surface area contributed by atoms with Crippen LogP contribution in [-0.2, 0) is 9.53 Å². The molecule has 2 atom stereocenters. The molecule has 220 valence electrons. The number of H-pyrrole nitrogens is 1. The van der Waals surface area contributed by atoms with Crippen molar-refractivity contribution < 1.29 is 36.5 Å². The van der Waals surface area contributed by atoms with Gasteiger partial charge < -0.3 is 20.4 Å². The minimum absolute atomic E-state index is 0.0165. The number of hydrogen-bond acceptors (Lipinski definition) is 7. The van der Waals surface area contributed by atoms with Gasteiger partial charge in [0.2, 0.25) is 11.8 Å². The third-order valence-electron chi connectivity index (χ3n) is 8.00. The minimum Gasteiger partial charge on any atom is -0.375 e. The SMILES string of the molecule is Cc1nonc1C(=O)N[C@@H](COC1CC(F)(F)C1)c1nc2ccc(C(NC(=O)CC3CC(F)(F)C3)C3CC3)cc2[nH]1. The average molecular weight is 579 g/mol. The van der Waals surface area contributed by atoms with Crippen molar-refractivity contribution in [3.05, 3.63) is 41.0 Å². The Balaban J connectivity index is 1.18. The summed E-state index contributed by atoms with van der Waals surface area (Å²) >= 11 is 0. The van der Waals surface area contributed by atoms with Gasteiger partial charge in [-0.3, -0.25) is 9.59 Å². The molecular weight excluding hydrogens is 548 g/mol. The van der Waals surface area contributed by atoms with Crippen LogP contribution in [0.2, 0.25) is 0 Å². The van der Waals surface area contributed by atoms with E-state index in [9.17, 15) is 27.2 Å². The first-order valence-electron chi connectivity index (χ1n) is 13.7. The molecule has 3 saturated carbocycles. The van der Waals surface area contributed by atoms with E-state index in [1.165, 1.54) is 0 Å². The Morgan fingerprint density at radius 1 is 1.10 bits per heavy atom. The summed E-state index contributed by atoms with van der Waals surface area (Å²) in [7, 11) is 0. The topological polar surface area (TPSA) is 135 Å². The molecule has 0 saturated heterocycles. The summed E-state index contributed by atoms with van der Waals surface area (Å²) in [6.07, 6.45) is 0.0430. The molecular formula is C27H30F4N6O4. The number of rotatable bonds is 11. The minimum atomic E-state index is -2.75. The standard InChI is InChI=1S/C27H30F4N6O4/c1-13-22(37-41-36-13)25(39)34-20(12-40-17-10-27(30,31)11-17)24-32-18-5-4-16(7-19(18)33-24)23(15-2-3-15)35-21(38)6-14-8-26(28,29)9-14/h4-5,7,14-15,17,20,23H,2-3,6,8-12H2,1H3,(H,32,33)(H,34,39)(H,35,38)/t20-,23?/m0/s1. The van der Waals surface area contributed by atoms with E-state index >= 15 is 0 Å². The van der Waals surface area contributed by atoms with E-state index in [1.54, 1.807) is 13.0 Å². The van der Waals surface area contributed by atoms with E-state index in [4.69, 9.17) is 4.74 Å². The Labute approximate surface area is 231 Å². The van der Waals surface area contributed by atoms with E-state index in [0.29, 0.717) is 16.9 Å². The number of aromatic nitrogens is 4. The van der Waals surface area contributed by atoms with E-state index in [-0.39, 0.29) is 73.9 Å². The summed E-state index contributed by atoms with van der Waals surface area (Å²) in [5, 5.41) is 13.0. The number of imidazole rings is 1. The first-order chi connectivity index (χ1) is 19.4. The molecule has 3 N–H and O–H groups in total. The number of carbonyl (C=O) groups is 2. The number of benzene rings is 1. The van der Waals surface area contributed by atoms with Crippen LogP contribution in [0, 0.1) is 18.8 Å². The monoisotopic (exact) mass is 578 g/mol. The number of nitrogens with one attached hydrogen (secondary N) is 3. The lowest BCUT2D eigenvalue weighted by Gasteiger charge is -2.35. The van der Waals surface area contributed by atoms with Crippen LogP contribution in [0.3, 0.4) is 0 Å². The molecule has 3 aliphatic carbocycles. The van der Waals surface area contributed by atoms with Crippen LogP contribution >= 0.6 is 0 Å². The zero-order valence-corrected chi connectivity index (χ0v) is 22.3. The van der Waals surface area contributed by atoms with Crippen LogP contribution < -0.4 is 10.6 Å². The molecule has 0 aliphatic heterocycles. The van der Waals surface area contributed by atoms with E-state index in [1.807, 2.05) is 12.1 Å². The average Bonchev–Trinajstić information content (AvgIpc) is 3.47. The molecule has 0 bridgehead atoms. The highest BCUT2D eigenvalue weighted by Crippen LogP contribution is 2.45. The van der Waals surface area contributed by atoms with Crippen LogP contribution in [0.25, 0.3) is 11.0 Å². The Kier molecular flexibility index (Phi) is 6.99. The Hall–Kier alpha value is -3.55. The number of aromatic amines is 1. The fourth-order valence-corrected chi connectivity index (χ4v) is 5.54. The van der Waals surface area contributed by atoms with Crippen molar-refractivity contribution in [3.8, 4) is 0 Å². The number of nitrogens with zero attached hydrogens (tertiary/aromatic N) is 3. The molecule has 2 amide bonds. The highest BCUT2D eigenvalue weighted by Gasteiger charge is 2.47. The van der Waals surface area contributed by atoms with Gasteiger partial charge in [-0.05, 0) is 54.5 Å². The quantitative estimate of drug-likeness (QED) is 0.284. The lowest BCUT2D eigenvalue weighted by atomic mass is 9.79. The predicted octanol–water partition coefficient (Wildman–Crippen LogP) is 4.54. The Morgan fingerprint density at radius 3 is 2.46 bits per heavy atom. The zero-order valence-electron chi connectivity index (χ0n) is 22.3. The van der Waals surface area contributed by atoms with Gasteiger partial charge in [-0.25, -0.2) is 27.2 Å². The van der Waals surface area contributed by atoms with Crippen molar-refractivity contribution in [2.24, 2.45) is 11.8 Å². The molecule has 1 aromatic carbocycles. The number of amides is 2. The van der Waals surface area contributed by atoms with Gasteiger partial charge in [0.1, 0.15) is 17.6 Å². The highest BCUT2D eigenvalue weighted by molar-refractivity contribution is 5.93. The molecule has 3 aromatic rings. The van der Waals surface area contributed by atoms with Crippen molar-refractivity contribution in [1.82, 2.24) is 30.9 Å². The molecule has 0 spiro atoms. The van der Waals surface area contributed by atoms with Crippen molar-refractivity contribution >= 4 is 22.8 Å². The van der Waals surface area contributed by atoms with E-state index in [2.05, 4.69) is 35.5 Å². The Morgan fingerprint density at radius 2 is 1.83 bits per heavy atom. The number of alkyl halides is 4. The number of fused-ring (bicyclic) bond motifs is 1. The van der Waals surface area contributed by atoms with E-state index in [0.717, 1.165) is 18.4 Å². The number of aryl methyl sites for hydroxylation is 1. The van der Waals surface area contributed by atoms with Crippen LogP contribution in [0.4, 0.5) is 17.6 Å². The molecule has 3 fully saturated rings. The molecule has 14 heteroatoms. The van der Waals surface area contributed by atoms with Crippen molar-refractivity contribution in [2.45, 2.75) is 81.9 Å². The molecule has 2 aromatic heterocycles. The molecule has 3 aliphatic rings. The van der Waals surface area contributed by atoms with Crippen LogP contribution in [0.1, 0.15) is 84.6 Å². The second-order valence-electron chi connectivity index (χ2n) is 11.6. The summed E-state index contributed by atoms with van der Waals surface area (Å²) in [5.74, 6) is -5.95. The fourth-order valence-electron chi connectivity index (χ4n) is 5.54. The maximum absolute atomic E-state index is 13.3. The van der Waals surface area contributed by atoms with Crippen LogP contribution in [0.15, 0.2) is 22.8 Å². The predicted molar refractivity (Wildman–Crippen MR) is 135 cm³/mol. The molecule has 6 rings (SSSR count). The third kappa shape index (κ3) is 6.21. The van der Waals surface area contributed by atoms with Crippen LogP contribution in [0.5, 0.6) is 0 Å². The largest absolute Gasteiger partial charge is 0.375 e. The van der Waals surface area contributed by atoms with Gasteiger partial charge >= 0.3 is 0 Å². The lowest BCUT2D eigenvalue weighted by molar-refractivity contribution is -0.167. The van der Waals surface area contributed by atoms with Gasteiger partial charge in [-0.1, -0.05) is 11.2 Å². The summed E-state index contributed by atoms with van der Waals surface area (Å²) in [6.45, 7) is 1.46. The lowest BCUT2D eigenvalue weighted by Crippen LogP contribution is -2.43. The second kappa shape index (κ2) is 10.4. The van der Waals surface area contributed by atoms with Crippen LogP contribution in [-0.4, -0.2) is 56.7 Å². The van der Waals surface area contributed by atoms with E-state index < -0.39 is 29.9 Å². The van der Waals surface area contributed by atoms with Crippen molar-refractivity contribution in [1.29, 1.82) is 0 Å². The third-order valence-corrected chi connectivity index (χ3v) is 8.00. The number of halogens is 4. The second-order valence-corrected chi connectivity index (χ2v) is 11.6. The van der Waals surface area contributed by atoms with Gasteiger partial charge in [0.05, 0.1) is 29.8 Å². The summed E-state index contributed by atoms with van der Waals surface area (Å²) in [6, 6.07) is 4.43. The highest BCUT2D eigenvalue weighted by atomic mass is 19.3. The van der Waals surface area contributed by atoms with Gasteiger partial charge in [0.15, 0.2) is 5.69 Å². The molecule has 10 nitrogen and oxygen atoms in total. The normalized spacial score (nSPS) is 21.6. The summed E-state index contributed by atoms with van der Waals surface area (Å²) < 4.78 is 63.3. The molecule has 0 radical (unpaired) electrons. The first-order valence-corrected chi connectivity index (χ1v) is 13.7. The molecule has 41 heavy (non-hydrogen) atoms. The van der Waals surface area contributed by atoms with Gasteiger partial charge in [-0.15, -0.1) is 0 Å². The van der Waals surface area contributed by atoms with Gasteiger partial charge in [0.25, 0.3) is 11.8 Å². The van der Waals surface area contributed by atoms with Gasteiger partial charge in [0, 0.05) is 32.1 Å². The maximum atomic E-state index is 13.3. The molecule has 2 heterocycles. The summed E-state index contributed by atoms with van der Waals surface area (Å²) in [4.78, 5) is 33.3. The zero-order chi connectivity index (χ0) is 28.9. The fraction of sp³-hybridized carbons (Fsp3) is 0.593. The number of carbonyl (C=O) groups excluding carboxylic acids is 2.